The van der Waals surface area contributed by atoms with Crippen LogP contribution in [0.4, 0.5) is 18.9 Å². The first-order chi connectivity index (χ1) is 9.93. The molecule has 3 nitrogen and oxygen atoms in total. The van der Waals surface area contributed by atoms with Crippen molar-refractivity contribution in [3.05, 3.63) is 29.3 Å². The molecule has 1 aromatic carbocycles. The van der Waals surface area contributed by atoms with Crippen LogP contribution in [0.2, 0.25) is 0 Å². The molecule has 0 radical (unpaired) electrons. The van der Waals surface area contributed by atoms with E-state index in [-0.39, 0.29) is 0 Å². The summed E-state index contributed by atoms with van der Waals surface area (Å²) in [7, 11) is 1.61. The van der Waals surface area contributed by atoms with Gasteiger partial charge in [0, 0.05) is 39.0 Å². The van der Waals surface area contributed by atoms with Gasteiger partial charge in [-0.25, -0.2) is 0 Å². The summed E-state index contributed by atoms with van der Waals surface area (Å²) in [5.74, 6) is 0. The molecule has 0 aliphatic heterocycles. The van der Waals surface area contributed by atoms with Crippen LogP contribution >= 0.6 is 0 Å². The molecule has 1 N–H and O–H groups in total. The molecule has 0 atom stereocenters. The smallest absolute Gasteiger partial charge is 0.383 e. The predicted molar refractivity (Wildman–Crippen MR) is 78.6 cm³/mol. The molecule has 0 saturated heterocycles. The maximum Gasteiger partial charge on any atom is 0.416 e. The number of hydrogen-bond acceptors (Lipinski definition) is 3. The lowest BCUT2D eigenvalue weighted by molar-refractivity contribution is -0.137. The summed E-state index contributed by atoms with van der Waals surface area (Å²) in [6.45, 7) is 6.97. The summed E-state index contributed by atoms with van der Waals surface area (Å²) in [6.07, 6.45) is -4.32. The van der Waals surface area contributed by atoms with E-state index in [1.165, 1.54) is 6.07 Å². The molecular weight excluding hydrogens is 281 g/mol. The predicted octanol–water partition coefficient (Wildman–Crippen LogP) is 3.29. The van der Waals surface area contributed by atoms with Crippen molar-refractivity contribution in [2.75, 3.05) is 38.3 Å². The summed E-state index contributed by atoms with van der Waals surface area (Å²) < 4.78 is 43.6. The highest BCUT2D eigenvalue weighted by Gasteiger charge is 2.31. The third-order valence-electron chi connectivity index (χ3n) is 3.32. The number of halogens is 3. The zero-order valence-electron chi connectivity index (χ0n) is 12.8. The summed E-state index contributed by atoms with van der Waals surface area (Å²) in [4.78, 5) is 1.93. The molecule has 0 bridgehead atoms. The van der Waals surface area contributed by atoms with E-state index in [4.69, 9.17) is 4.74 Å². The Morgan fingerprint density at radius 3 is 2.38 bits per heavy atom. The third-order valence-corrected chi connectivity index (χ3v) is 3.32. The van der Waals surface area contributed by atoms with Crippen LogP contribution in [0.1, 0.15) is 25.0 Å². The summed E-state index contributed by atoms with van der Waals surface area (Å²) >= 11 is 0. The molecule has 6 heteroatoms. The van der Waals surface area contributed by atoms with Crippen molar-refractivity contribution >= 4 is 5.69 Å². The van der Waals surface area contributed by atoms with Crippen molar-refractivity contribution in [2.45, 2.75) is 26.6 Å². The molecule has 0 heterocycles. The molecule has 1 aromatic rings. The van der Waals surface area contributed by atoms with Gasteiger partial charge in [0.2, 0.25) is 0 Å². The lowest BCUT2D eigenvalue weighted by Gasteiger charge is -2.25. The lowest BCUT2D eigenvalue weighted by Crippen LogP contribution is -2.26. The van der Waals surface area contributed by atoms with Gasteiger partial charge in [0.25, 0.3) is 0 Å². The molecule has 21 heavy (non-hydrogen) atoms. The second kappa shape index (κ2) is 8.24. The highest BCUT2D eigenvalue weighted by molar-refractivity contribution is 5.56. The van der Waals surface area contributed by atoms with E-state index < -0.39 is 11.7 Å². The van der Waals surface area contributed by atoms with Gasteiger partial charge in [-0.2, -0.15) is 13.2 Å². The van der Waals surface area contributed by atoms with Crippen molar-refractivity contribution in [3.63, 3.8) is 0 Å². The van der Waals surface area contributed by atoms with Crippen LogP contribution in [0.25, 0.3) is 0 Å². The quantitative estimate of drug-likeness (QED) is 0.746. The maximum absolute atomic E-state index is 12.9. The topological polar surface area (TPSA) is 24.5 Å². The molecule has 0 unspecified atom stereocenters. The Hall–Kier alpha value is -1.27. The number of methoxy groups -OCH3 is 1. The molecule has 0 saturated carbocycles. The van der Waals surface area contributed by atoms with E-state index >= 15 is 0 Å². The van der Waals surface area contributed by atoms with E-state index in [2.05, 4.69) is 5.32 Å². The number of hydrogen-bond donors (Lipinski definition) is 1. The average molecular weight is 304 g/mol. The lowest BCUT2D eigenvalue weighted by atomic mass is 10.1. The molecule has 0 amide bonds. The molecule has 1 rings (SSSR count). The van der Waals surface area contributed by atoms with Gasteiger partial charge in [0.15, 0.2) is 0 Å². The fraction of sp³-hybridized carbons (Fsp3) is 0.600. The number of rotatable bonds is 8. The number of benzene rings is 1. The van der Waals surface area contributed by atoms with Gasteiger partial charge in [0.05, 0.1) is 12.2 Å². The van der Waals surface area contributed by atoms with Crippen LogP contribution in [-0.2, 0) is 17.5 Å². The van der Waals surface area contributed by atoms with Crippen LogP contribution in [0.15, 0.2) is 18.2 Å². The number of alkyl halides is 3. The Morgan fingerprint density at radius 2 is 1.86 bits per heavy atom. The van der Waals surface area contributed by atoms with Crippen molar-refractivity contribution in [1.82, 2.24) is 5.32 Å². The van der Waals surface area contributed by atoms with Crippen LogP contribution < -0.4 is 10.2 Å². The standard InChI is InChI=1S/C15H23F3N2O/c1-4-20(5-2)14-10-13(15(16,17)18)7-6-12(14)11-19-8-9-21-3/h6-7,10,19H,4-5,8-9,11H2,1-3H3. The van der Waals surface area contributed by atoms with Gasteiger partial charge in [-0.15, -0.1) is 0 Å². The van der Waals surface area contributed by atoms with Gasteiger partial charge in [-0.1, -0.05) is 6.07 Å². The van der Waals surface area contributed by atoms with Crippen molar-refractivity contribution in [2.24, 2.45) is 0 Å². The molecule has 0 spiro atoms. The normalized spacial score (nSPS) is 11.7. The molecular formula is C15H23F3N2O. The second-order valence-electron chi connectivity index (χ2n) is 4.68. The van der Waals surface area contributed by atoms with Gasteiger partial charge >= 0.3 is 6.18 Å². The summed E-state index contributed by atoms with van der Waals surface area (Å²) in [5, 5.41) is 3.17. The summed E-state index contributed by atoms with van der Waals surface area (Å²) in [6, 6.07) is 3.93. The fourth-order valence-electron chi connectivity index (χ4n) is 2.15. The third kappa shape index (κ3) is 5.21. The van der Waals surface area contributed by atoms with E-state index in [1.807, 2.05) is 18.7 Å². The second-order valence-corrected chi connectivity index (χ2v) is 4.68. The average Bonchev–Trinajstić information content (AvgIpc) is 2.45. The Balaban J connectivity index is 3.00. The minimum atomic E-state index is -4.32. The van der Waals surface area contributed by atoms with Gasteiger partial charge in [-0.05, 0) is 31.5 Å². The highest BCUT2D eigenvalue weighted by Crippen LogP contribution is 2.33. The van der Waals surface area contributed by atoms with E-state index in [0.717, 1.165) is 11.6 Å². The molecule has 0 aromatic heterocycles. The van der Waals surface area contributed by atoms with E-state index in [1.54, 1.807) is 13.2 Å². The maximum atomic E-state index is 12.9. The first-order valence-corrected chi connectivity index (χ1v) is 7.08. The summed E-state index contributed by atoms with van der Waals surface area (Å²) in [5.41, 5.74) is 0.896. The van der Waals surface area contributed by atoms with Gasteiger partial charge in [0.1, 0.15) is 0 Å². The number of anilines is 1. The Kier molecular flexibility index (Phi) is 6.98. The SMILES string of the molecule is CCN(CC)c1cc(C(F)(F)F)ccc1CNCCOC. The largest absolute Gasteiger partial charge is 0.416 e. The highest BCUT2D eigenvalue weighted by atomic mass is 19.4. The van der Waals surface area contributed by atoms with Crippen LogP contribution in [0, 0.1) is 0 Å². The van der Waals surface area contributed by atoms with E-state index in [0.29, 0.717) is 38.5 Å². The Bertz CT molecular complexity index is 431. The van der Waals surface area contributed by atoms with Crippen LogP contribution in [-0.4, -0.2) is 33.4 Å². The minimum absolute atomic E-state index is 0.521. The first-order valence-electron chi connectivity index (χ1n) is 7.08. The zero-order chi connectivity index (χ0) is 15.9. The van der Waals surface area contributed by atoms with Crippen LogP contribution in [0.5, 0.6) is 0 Å². The fourth-order valence-corrected chi connectivity index (χ4v) is 2.15. The molecule has 0 fully saturated rings. The number of nitrogens with zero attached hydrogens (tertiary/aromatic N) is 1. The Morgan fingerprint density at radius 1 is 1.19 bits per heavy atom. The van der Waals surface area contributed by atoms with Crippen LogP contribution in [0.3, 0.4) is 0 Å². The number of ether oxygens (including phenoxy) is 1. The first kappa shape index (κ1) is 17.8. The van der Waals surface area contributed by atoms with Gasteiger partial charge in [-0.3, -0.25) is 0 Å². The monoisotopic (exact) mass is 304 g/mol. The molecule has 0 aliphatic rings. The number of nitrogens with one attached hydrogen (secondary N) is 1. The van der Waals surface area contributed by atoms with Crippen molar-refractivity contribution in [3.8, 4) is 0 Å². The molecule has 120 valence electrons. The van der Waals surface area contributed by atoms with Crippen molar-refractivity contribution < 1.29 is 17.9 Å². The minimum Gasteiger partial charge on any atom is -0.383 e. The zero-order valence-corrected chi connectivity index (χ0v) is 12.8. The van der Waals surface area contributed by atoms with Crippen molar-refractivity contribution in [1.29, 1.82) is 0 Å². The molecule has 0 aliphatic carbocycles. The van der Waals surface area contributed by atoms with E-state index in [9.17, 15) is 13.2 Å². The van der Waals surface area contributed by atoms with Gasteiger partial charge < -0.3 is 15.0 Å². The Labute approximate surface area is 124 Å².